The van der Waals surface area contributed by atoms with E-state index >= 15 is 0 Å². The van der Waals surface area contributed by atoms with Gasteiger partial charge in [-0.05, 0) is 49.4 Å². The third kappa shape index (κ3) is 3.12. The maximum Gasteiger partial charge on any atom is 0.268 e. The van der Waals surface area contributed by atoms with Crippen molar-refractivity contribution in [2.45, 2.75) is 36.9 Å². The Bertz CT molecular complexity index is 1170. The van der Waals surface area contributed by atoms with Crippen molar-refractivity contribution >= 4 is 40.6 Å². The Labute approximate surface area is 190 Å². The van der Waals surface area contributed by atoms with E-state index in [0.717, 1.165) is 22.4 Å². The fourth-order valence-corrected chi connectivity index (χ4v) is 7.01. The van der Waals surface area contributed by atoms with E-state index in [1.165, 1.54) is 11.3 Å². The molecule has 0 unspecified atom stereocenters. The molecular formula is C25H24N2O2S2. The zero-order valence-corrected chi connectivity index (χ0v) is 19.4. The molecule has 0 radical (unpaired) electrons. The molecule has 1 atom stereocenters. The van der Waals surface area contributed by atoms with Crippen molar-refractivity contribution in [3.05, 3.63) is 87.6 Å². The smallest absolute Gasteiger partial charge is 0.268 e. The molecule has 0 bridgehead atoms. The molecule has 2 amide bonds. The summed E-state index contributed by atoms with van der Waals surface area (Å²) in [6.07, 6.45) is 0. The predicted molar refractivity (Wildman–Crippen MR) is 128 cm³/mol. The van der Waals surface area contributed by atoms with Gasteiger partial charge in [0.2, 0.25) is 0 Å². The number of anilines is 1. The summed E-state index contributed by atoms with van der Waals surface area (Å²) in [5.41, 5.74) is 4.07. The highest BCUT2D eigenvalue weighted by Gasteiger charge is 2.63. The summed E-state index contributed by atoms with van der Waals surface area (Å²) in [4.78, 5) is 31.1. The average Bonchev–Trinajstić information content (AvgIpc) is 3.43. The third-order valence-corrected chi connectivity index (χ3v) is 8.45. The Kier molecular flexibility index (Phi) is 4.75. The minimum Gasteiger partial charge on any atom is -0.309 e. The number of thiophene rings is 1. The summed E-state index contributed by atoms with van der Waals surface area (Å²) in [6.45, 7) is 7.30. The molecule has 31 heavy (non-hydrogen) atoms. The highest BCUT2D eigenvalue weighted by atomic mass is 32.2. The van der Waals surface area contributed by atoms with Crippen molar-refractivity contribution in [1.29, 1.82) is 0 Å². The molecular weight excluding hydrogens is 424 g/mol. The number of hydrogen-bond acceptors (Lipinski definition) is 4. The lowest BCUT2D eigenvalue weighted by Gasteiger charge is -2.33. The number of para-hydroxylation sites is 1. The Morgan fingerprint density at radius 1 is 1.03 bits per heavy atom. The number of aryl methyl sites for hydroxylation is 1. The quantitative estimate of drug-likeness (QED) is 0.537. The molecule has 0 aliphatic carbocycles. The van der Waals surface area contributed by atoms with Gasteiger partial charge >= 0.3 is 0 Å². The van der Waals surface area contributed by atoms with E-state index < -0.39 is 4.87 Å². The van der Waals surface area contributed by atoms with Crippen LogP contribution in [0.25, 0.3) is 0 Å². The van der Waals surface area contributed by atoms with Gasteiger partial charge in [-0.3, -0.25) is 9.59 Å². The van der Waals surface area contributed by atoms with Crippen molar-refractivity contribution in [2.24, 2.45) is 0 Å². The molecule has 3 aromatic rings. The van der Waals surface area contributed by atoms with Crippen LogP contribution in [0.4, 0.5) is 5.69 Å². The lowest BCUT2D eigenvalue weighted by atomic mass is 10.0. The first kappa shape index (κ1) is 20.3. The summed E-state index contributed by atoms with van der Waals surface area (Å²) in [7, 11) is 0. The number of thioether (sulfide) groups is 1. The molecule has 1 saturated heterocycles. The molecule has 6 heteroatoms. The van der Waals surface area contributed by atoms with Crippen molar-refractivity contribution in [3.8, 4) is 0 Å². The van der Waals surface area contributed by atoms with E-state index in [1.54, 1.807) is 11.8 Å². The van der Waals surface area contributed by atoms with Gasteiger partial charge in [0.1, 0.15) is 0 Å². The van der Waals surface area contributed by atoms with Crippen molar-refractivity contribution < 1.29 is 9.59 Å². The van der Waals surface area contributed by atoms with Crippen LogP contribution in [0, 0.1) is 6.92 Å². The van der Waals surface area contributed by atoms with Gasteiger partial charge in [-0.1, -0.05) is 48.5 Å². The number of amides is 2. The maximum atomic E-state index is 14.2. The van der Waals surface area contributed by atoms with Gasteiger partial charge in [0, 0.05) is 16.9 Å². The Morgan fingerprint density at radius 3 is 2.52 bits per heavy atom. The Balaban J connectivity index is 1.64. The predicted octanol–water partition coefficient (Wildman–Crippen LogP) is 5.42. The van der Waals surface area contributed by atoms with Crippen LogP contribution in [0.5, 0.6) is 0 Å². The molecule has 2 aliphatic heterocycles. The minimum atomic E-state index is -1.04. The molecule has 5 rings (SSSR count). The highest BCUT2D eigenvalue weighted by molar-refractivity contribution is 8.02. The van der Waals surface area contributed by atoms with Crippen molar-refractivity contribution in [1.82, 2.24) is 4.90 Å². The van der Waals surface area contributed by atoms with Gasteiger partial charge < -0.3 is 9.80 Å². The van der Waals surface area contributed by atoms with Crippen LogP contribution in [0.3, 0.4) is 0 Å². The lowest BCUT2D eigenvalue weighted by molar-refractivity contribution is -0.123. The number of nitrogens with zero attached hydrogens (tertiary/aromatic N) is 2. The van der Waals surface area contributed by atoms with E-state index in [2.05, 4.69) is 32.9 Å². The molecule has 1 spiro atoms. The van der Waals surface area contributed by atoms with Crippen LogP contribution in [0.15, 0.2) is 66.0 Å². The topological polar surface area (TPSA) is 40.6 Å². The minimum absolute atomic E-state index is 0.0302. The molecule has 0 saturated carbocycles. The normalized spacial score (nSPS) is 21.7. The summed E-state index contributed by atoms with van der Waals surface area (Å²) in [5.74, 6) is -0.105. The summed E-state index contributed by atoms with van der Waals surface area (Å²) < 4.78 is -0.242. The number of fused-ring (bicyclic) bond motifs is 2. The SMILES string of the molecule is Cc1ccccc1CN1C(=O)[C@@]2(SC(C)(C)CN2C(=O)c2cccs2)c2ccccc21. The largest absolute Gasteiger partial charge is 0.309 e. The number of rotatable bonds is 3. The standard InChI is InChI=1S/C25H24N2O2S2/c1-17-9-4-5-10-18(17)15-26-20-12-7-6-11-19(20)25(23(26)29)27(16-24(2,3)31-25)22(28)21-13-8-14-30-21/h4-14H,15-16H2,1-3H3/t25-/m0/s1. The second kappa shape index (κ2) is 7.24. The number of carbonyl (C=O) groups excluding carboxylic acids is 2. The van der Waals surface area contributed by atoms with Crippen LogP contribution in [-0.4, -0.2) is 28.0 Å². The molecule has 158 valence electrons. The maximum absolute atomic E-state index is 14.2. The molecule has 1 fully saturated rings. The van der Waals surface area contributed by atoms with Crippen LogP contribution < -0.4 is 4.90 Å². The van der Waals surface area contributed by atoms with E-state index in [4.69, 9.17) is 0 Å². The van der Waals surface area contributed by atoms with Gasteiger partial charge in [0.05, 0.1) is 17.1 Å². The van der Waals surface area contributed by atoms with Crippen LogP contribution in [-0.2, 0) is 16.2 Å². The Hall–Kier alpha value is -2.57. The molecule has 0 N–H and O–H groups in total. The fourth-order valence-electron chi connectivity index (χ4n) is 4.60. The van der Waals surface area contributed by atoms with E-state index in [9.17, 15) is 9.59 Å². The molecule has 1 aromatic heterocycles. The average molecular weight is 449 g/mol. The van der Waals surface area contributed by atoms with Gasteiger partial charge in [0.25, 0.3) is 11.8 Å². The summed E-state index contributed by atoms with van der Waals surface area (Å²) in [6, 6.07) is 19.8. The number of carbonyl (C=O) groups is 2. The van der Waals surface area contributed by atoms with Gasteiger partial charge in [-0.25, -0.2) is 0 Å². The zero-order chi connectivity index (χ0) is 21.8. The van der Waals surface area contributed by atoms with E-state index in [1.807, 2.05) is 63.7 Å². The highest BCUT2D eigenvalue weighted by Crippen LogP contribution is 2.60. The number of hydrogen-bond donors (Lipinski definition) is 0. The summed E-state index contributed by atoms with van der Waals surface area (Å²) in [5, 5.41) is 1.91. The first-order chi connectivity index (χ1) is 14.8. The monoisotopic (exact) mass is 448 g/mol. The Morgan fingerprint density at radius 2 is 1.77 bits per heavy atom. The first-order valence-corrected chi connectivity index (χ1v) is 12.0. The third-order valence-electron chi connectivity index (χ3n) is 6.00. The molecule has 3 heterocycles. The first-order valence-electron chi connectivity index (χ1n) is 10.4. The fraction of sp³-hybridized carbons (Fsp3) is 0.280. The van der Waals surface area contributed by atoms with E-state index in [0.29, 0.717) is 18.0 Å². The van der Waals surface area contributed by atoms with Crippen LogP contribution in [0.1, 0.15) is 40.2 Å². The summed E-state index contributed by atoms with van der Waals surface area (Å²) >= 11 is 3.02. The van der Waals surface area contributed by atoms with Gasteiger partial charge in [-0.2, -0.15) is 0 Å². The molecule has 2 aliphatic rings. The van der Waals surface area contributed by atoms with Crippen molar-refractivity contribution in [3.63, 3.8) is 0 Å². The van der Waals surface area contributed by atoms with Crippen LogP contribution in [0.2, 0.25) is 0 Å². The molecule has 2 aromatic carbocycles. The van der Waals surface area contributed by atoms with E-state index in [-0.39, 0.29) is 16.6 Å². The lowest BCUT2D eigenvalue weighted by Crippen LogP contribution is -2.50. The van der Waals surface area contributed by atoms with Gasteiger partial charge in [-0.15, -0.1) is 23.1 Å². The second-order valence-electron chi connectivity index (χ2n) is 8.71. The number of benzene rings is 2. The van der Waals surface area contributed by atoms with Gasteiger partial charge in [0.15, 0.2) is 4.87 Å². The molecule has 4 nitrogen and oxygen atoms in total. The second-order valence-corrected chi connectivity index (χ2v) is 11.6. The van der Waals surface area contributed by atoms with Crippen LogP contribution >= 0.6 is 23.1 Å². The zero-order valence-electron chi connectivity index (χ0n) is 17.8. The van der Waals surface area contributed by atoms with Crippen molar-refractivity contribution in [2.75, 3.05) is 11.4 Å².